The van der Waals surface area contributed by atoms with Gasteiger partial charge in [0.2, 0.25) is 0 Å². The van der Waals surface area contributed by atoms with E-state index in [-0.39, 0.29) is 30.6 Å². The molecule has 0 fully saturated rings. The predicted octanol–water partition coefficient (Wildman–Crippen LogP) is 2.93. The lowest BCUT2D eigenvalue weighted by atomic mass is 9.99. The number of ether oxygens (including phenoxy) is 1. The van der Waals surface area contributed by atoms with E-state index in [0.29, 0.717) is 30.7 Å². The van der Waals surface area contributed by atoms with Crippen molar-refractivity contribution in [3.63, 3.8) is 0 Å². The highest BCUT2D eigenvalue weighted by atomic mass is 127. The van der Waals surface area contributed by atoms with Crippen LogP contribution in [0.3, 0.4) is 0 Å². The summed E-state index contributed by atoms with van der Waals surface area (Å²) in [4.78, 5) is 15.0. The number of aromatic nitrogens is 1. The quantitative estimate of drug-likeness (QED) is 0.255. The molecule has 1 amide bonds. The van der Waals surface area contributed by atoms with Crippen molar-refractivity contribution >= 4 is 35.8 Å². The van der Waals surface area contributed by atoms with Crippen molar-refractivity contribution in [1.82, 2.24) is 15.8 Å². The number of carbonyl (C=O) groups excluding carboxylic acids is 1. The van der Waals surface area contributed by atoms with Crippen LogP contribution in [0, 0.1) is 0 Å². The largest absolute Gasteiger partial charge is 0.484 e. The molecule has 1 aromatic carbocycles. The minimum atomic E-state index is -0.507. The molecule has 2 rings (SSSR count). The van der Waals surface area contributed by atoms with E-state index in [1.165, 1.54) is 0 Å². The van der Waals surface area contributed by atoms with E-state index in [9.17, 15) is 4.79 Å². The number of benzene rings is 1. The Morgan fingerprint density at radius 3 is 2.62 bits per heavy atom. The fourth-order valence-corrected chi connectivity index (χ4v) is 2.79. The van der Waals surface area contributed by atoms with Gasteiger partial charge in [-0.2, -0.15) is 0 Å². The summed E-state index contributed by atoms with van der Waals surface area (Å²) in [5.41, 5.74) is 7.08. The molecule has 9 heteroatoms. The molecule has 0 unspecified atom stereocenters. The summed E-state index contributed by atoms with van der Waals surface area (Å²) >= 11 is 0. The molecule has 0 spiro atoms. The number of nitrogens with two attached hydrogens (primary N) is 1. The van der Waals surface area contributed by atoms with Gasteiger partial charge in [0.05, 0.1) is 12.2 Å². The van der Waals surface area contributed by atoms with Crippen molar-refractivity contribution in [3.05, 3.63) is 47.3 Å². The summed E-state index contributed by atoms with van der Waals surface area (Å²) in [7, 11) is 1.71. The number of hydrogen-bond acceptors (Lipinski definition) is 5. The number of primary amides is 1. The number of guanidine groups is 1. The van der Waals surface area contributed by atoms with Crippen LogP contribution in [0.1, 0.15) is 49.6 Å². The zero-order valence-corrected chi connectivity index (χ0v) is 19.4. The maximum atomic E-state index is 10.8. The smallest absolute Gasteiger partial charge is 0.255 e. The molecule has 8 nitrogen and oxygen atoms in total. The van der Waals surface area contributed by atoms with E-state index in [1.54, 1.807) is 13.1 Å². The average Bonchev–Trinajstić information content (AvgIpc) is 3.16. The Bertz CT molecular complexity index is 790. The molecule has 0 aliphatic rings. The monoisotopic (exact) mass is 515 g/mol. The van der Waals surface area contributed by atoms with Crippen LogP contribution in [0.4, 0.5) is 0 Å². The minimum Gasteiger partial charge on any atom is -0.484 e. The Morgan fingerprint density at radius 1 is 1.24 bits per heavy atom. The second-order valence-corrected chi connectivity index (χ2v) is 6.41. The Hall–Kier alpha value is -2.30. The fraction of sp³-hybridized carbons (Fsp3) is 0.450. The predicted molar refractivity (Wildman–Crippen MR) is 123 cm³/mol. The van der Waals surface area contributed by atoms with Gasteiger partial charge < -0.3 is 25.6 Å². The average molecular weight is 515 g/mol. The van der Waals surface area contributed by atoms with E-state index < -0.39 is 5.91 Å². The zero-order valence-electron chi connectivity index (χ0n) is 17.1. The van der Waals surface area contributed by atoms with E-state index in [0.717, 1.165) is 29.9 Å². The number of halogens is 1. The molecule has 0 aliphatic carbocycles. The third-order valence-electron chi connectivity index (χ3n) is 4.37. The minimum absolute atomic E-state index is 0. The Morgan fingerprint density at radius 2 is 1.97 bits per heavy atom. The molecule has 2 aromatic rings. The molecule has 0 aliphatic heterocycles. The highest BCUT2D eigenvalue weighted by Gasteiger charge is 2.13. The van der Waals surface area contributed by atoms with Gasteiger partial charge in [0.25, 0.3) is 5.91 Å². The Labute approximate surface area is 188 Å². The van der Waals surface area contributed by atoms with Gasteiger partial charge in [0, 0.05) is 25.6 Å². The molecule has 4 N–H and O–H groups in total. The number of nitrogens with zero attached hydrogens (tertiary/aromatic N) is 2. The first-order chi connectivity index (χ1) is 13.5. The first kappa shape index (κ1) is 24.7. The molecule has 0 bridgehead atoms. The molecule has 0 atom stereocenters. The molecule has 160 valence electrons. The van der Waals surface area contributed by atoms with Crippen molar-refractivity contribution in [2.75, 3.05) is 13.7 Å². The van der Waals surface area contributed by atoms with Gasteiger partial charge in [-0.05, 0) is 30.5 Å². The third kappa shape index (κ3) is 8.30. The maximum Gasteiger partial charge on any atom is 0.255 e. The second kappa shape index (κ2) is 13.0. The number of amides is 1. The summed E-state index contributed by atoms with van der Waals surface area (Å²) in [6.07, 6.45) is 2.09. The van der Waals surface area contributed by atoms with Crippen LogP contribution in [0.2, 0.25) is 0 Å². The van der Waals surface area contributed by atoms with Crippen LogP contribution < -0.4 is 21.1 Å². The molecule has 1 aromatic heterocycles. The van der Waals surface area contributed by atoms with Crippen molar-refractivity contribution in [1.29, 1.82) is 0 Å². The van der Waals surface area contributed by atoms with Crippen LogP contribution in [-0.4, -0.2) is 30.7 Å². The highest BCUT2D eigenvalue weighted by molar-refractivity contribution is 14.0. The van der Waals surface area contributed by atoms with E-state index in [4.69, 9.17) is 15.0 Å². The first-order valence-corrected chi connectivity index (χ1v) is 9.45. The SMILES string of the molecule is CCC(CC)c1cc(CNC(=NC)NCc2cccc(OCC(N)=O)c2)on1.I. The Balaban J connectivity index is 0.00000420. The summed E-state index contributed by atoms with van der Waals surface area (Å²) in [5, 5.41) is 10.6. The normalized spacial score (nSPS) is 11.1. The Kier molecular flexibility index (Phi) is 11.1. The van der Waals surface area contributed by atoms with Crippen molar-refractivity contribution in [2.24, 2.45) is 10.7 Å². The molecule has 1 heterocycles. The molecule has 0 saturated heterocycles. The highest BCUT2D eigenvalue weighted by Crippen LogP contribution is 2.22. The van der Waals surface area contributed by atoms with Crippen molar-refractivity contribution < 1.29 is 14.1 Å². The van der Waals surface area contributed by atoms with Crippen molar-refractivity contribution in [2.45, 2.75) is 45.7 Å². The summed E-state index contributed by atoms with van der Waals surface area (Å²) in [6, 6.07) is 9.44. The van der Waals surface area contributed by atoms with Gasteiger partial charge in [0.1, 0.15) is 5.75 Å². The summed E-state index contributed by atoms with van der Waals surface area (Å²) < 4.78 is 10.7. The van der Waals surface area contributed by atoms with Gasteiger partial charge in [-0.3, -0.25) is 9.79 Å². The topological polar surface area (TPSA) is 115 Å². The number of carbonyl (C=O) groups is 1. The lowest BCUT2D eigenvalue weighted by molar-refractivity contribution is -0.119. The lowest BCUT2D eigenvalue weighted by Gasteiger charge is -2.11. The molecule has 0 saturated carbocycles. The molecule has 29 heavy (non-hydrogen) atoms. The molecular formula is C20H30IN5O3. The van der Waals surface area contributed by atoms with E-state index in [1.807, 2.05) is 24.3 Å². The molecule has 0 radical (unpaired) electrons. The van der Waals surface area contributed by atoms with Crippen LogP contribution in [0.5, 0.6) is 5.75 Å². The first-order valence-electron chi connectivity index (χ1n) is 9.45. The van der Waals surface area contributed by atoms with E-state index in [2.05, 4.69) is 34.6 Å². The van der Waals surface area contributed by atoms with Gasteiger partial charge in [-0.25, -0.2) is 0 Å². The van der Waals surface area contributed by atoms with Gasteiger partial charge in [-0.15, -0.1) is 24.0 Å². The van der Waals surface area contributed by atoms with Crippen LogP contribution >= 0.6 is 24.0 Å². The van der Waals surface area contributed by atoms with Gasteiger partial charge in [0.15, 0.2) is 18.3 Å². The zero-order chi connectivity index (χ0) is 20.4. The van der Waals surface area contributed by atoms with Gasteiger partial charge >= 0.3 is 0 Å². The van der Waals surface area contributed by atoms with E-state index >= 15 is 0 Å². The third-order valence-corrected chi connectivity index (χ3v) is 4.37. The van der Waals surface area contributed by atoms with Crippen LogP contribution in [0.25, 0.3) is 0 Å². The fourth-order valence-electron chi connectivity index (χ4n) is 2.79. The second-order valence-electron chi connectivity index (χ2n) is 6.41. The maximum absolute atomic E-state index is 10.8. The molecular weight excluding hydrogens is 485 g/mol. The number of rotatable bonds is 10. The number of nitrogens with one attached hydrogen (secondary N) is 2. The van der Waals surface area contributed by atoms with Gasteiger partial charge in [-0.1, -0.05) is 31.1 Å². The van der Waals surface area contributed by atoms with Crippen LogP contribution in [-0.2, 0) is 17.9 Å². The van der Waals surface area contributed by atoms with Crippen LogP contribution in [0.15, 0.2) is 39.8 Å². The van der Waals surface area contributed by atoms with Crippen molar-refractivity contribution in [3.8, 4) is 5.75 Å². The summed E-state index contributed by atoms with van der Waals surface area (Å²) in [5.74, 6) is 1.93. The number of hydrogen-bond donors (Lipinski definition) is 3. The lowest BCUT2D eigenvalue weighted by Crippen LogP contribution is -2.36. The standard InChI is InChI=1S/C20H29N5O3.HI/c1-4-15(5-2)18-10-17(28-25-18)12-24-20(22-3)23-11-14-7-6-8-16(9-14)27-13-19(21)26;/h6-10,15H,4-5,11-13H2,1-3H3,(H2,21,26)(H2,22,23,24);1H. The summed E-state index contributed by atoms with van der Waals surface area (Å²) in [6.45, 7) is 5.20. The number of aliphatic imine (C=N–C) groups is 1.